The van der Waals surface area contributed by atoms with Gasteiger partial charge in [0.1, 0.15) is 0 Å². The van der Waals surface area contributed by atoms with Gasteiger partial charge in [-0.15, -0.1) is 11.8 Å². The third-order valence-electron chi connectivity index (χ3n) is 4.51. The molecule has 2 saturated heterocycles. The van der Waals surface area contributed by atoms with Gasteiger partial charge in [-0.3, -0.25) is 0 Å². The molecule has 0 aromatic carbocycles. The van der Waals surface area contributed by atoms with E-state index in [0.29, 0.717) is 5.41 Å². The third-order valence-corrected chi connectivity index (χ3v) is 5.48. The normalized spacial score (nSPS) is 32.2. The molecule has 1 spiro atoms. The molecule has 0 bridgehead atoms. The number of amides is 2. The standard InChI is InChI=1S/C14H22N2OS/c17-13(16-9-10-18-12-16)15-8-4-7-14(11-15)5-2-1-3-6-14/h1-2H,3-12H2. The summed E-state index contributed by atoms with van der Waals surface area (Å²) < 4.78 is 0. The van der Waals surface area contributed by atoms with E-state index in [1.807, 2.05) is 16.7 Å². The highest BCUT2D eigenvalue weighted by atomic mass is 32.2. The number of hydrogen-bond acceptors (Lipinski definition) is 2. The predicted molar refractivity (Wildman–Crippen MR) is 75.7 cm³/mol. The van der Waals surface area contributed by atoms with Crippen LogP contribution in [-0.4, -0.2) is 47.1 Å². The number of rotatable bonds is 0. The quantitative estimate of drug-likeness (QED) is 0.629. The number of carbonyl (C=O) groups excluding carboxylic acids is 1. The van der Waals surface area contributed by atoms with Gasteiger partial charge in [-0.1, -0.05) is 12.2 Å². The molecule has 1 unspecified atom stereocenters. The van der Waals surface area contributed by atoms with Crippen LogP contribution in [0.3, 0.4) is 0 Å². The van der Waals surface area contributed by atoms with Crippen molar-refractivity contribution in [1.82, 2.24) is 9.80 Å². The molecule has 0 saturated carbocycles. The molecule has 2 fully saturated rings. The van der Waals surface area contributed by atoms with E-state index in [1.165, 1.54) is 32.1 Å². The zero-order chi connectivity index (χ0) is 12.4. The molecular weight excluding hydrogens is 244 g/mol. The van der Waals surface area contributed by atoms with Crippen LogP contribution in [0.2, 0.25) is 0 Å². The molecule has 18 heavy (non-hydrogen) atoms. The number of nitrogens with zero attached hydrogens (tertiary/aromatic N) is 2. The van der Waals surface area contributed by atoms with Crippen LogP contribution in [-0.2, 0) is 0 Å². The molecule has 2 aliphatic heterocycles. The van der Waals surface area contributed by atoms with Gasteiger partial charge in [0, 0.05) is 25.4 Å². The summed E-state index contributed by atoms with van der Waals surface area (Å²) in [5.74, 6) is 2.00. The minimum Gasteiger partial charge on any atom is -0.324 e. The largest absolute Gasteiger partial charge is 0.324 e. The van der Waals surface area contributed by atoms with Gasteiger partial charge in [0.15, 0.2) is 0 Å². The van der Waals surface area contributed by atoms with E-state index in [4.69, 9.17) is 0 Å². The highest BCUT2D eigenvalue weighted by Gasteiger charge is 2.38. The third kappa shape index (κ3) is 2.40. The number of carbonyl (C=O) groups is 1. The lowest BCUT2D eigenvalue weighted by Crippen LogP contribution is -2.50. The zero-order valence-corrected chi connectivity index (χ0v) is 11.8. The second kappa shape index (κ2) is 5.16. The van der Waals surface area contributed by atoms with Gasteiger partial charge in [-0.2, -0.15) is 0 Å². The second-order valence-electron chi connectivity index (χ2n) is 5.82. The molecule has 3 rings (SSSR count). The summed E-state index contributed by atoms with van der Waals surface area (Å²) in [5, 5.41) is 0. The lowest BCUT2D eigenvalue weighted by Gasteiger charge is -2.44. The van der Waals surface area contributed by atoms with Gasteiger partial charge in [0.25, 0.3) is 0 Å². The molecule has 3 aliphatic rings. The van der Waals surface area contributed by atoms with E-state index >= 15 is 0 Å². The molecule has 2 heterocycles. The monoisotopic (exact) mass is 266 g/mol. The van der Waals surface area contributed by atoms with Crippen LogP contribution < -0.4 is 0 Å². The van der Waals surface area contributed by atoms with Crippen LogP contribution in [0.25, 0.3) is 0 Å². The molecular formula is C14H22N2OS. The first kappa shape index (κ1) is 12.4. The maximum absolute atomic E-state index is 12.4. The fourth-order valence-corrected chi connectivity index (χ4v) is 4.39. The van der Waals surface area contributed by atoms with Gasteiger partial charge in [0.2, 0.25) is 0 Å². The van der Waals surface area contributed by atoms with E-state index in [0.717, 1.165) is 31.3 Å². The fraction of sp³-hybridized carbons (Fsp3) is 0.786. The maximum Gasteiger partial charge on any atom is 0.320 e. The number of hydrogen-bond donors (Lipinski definition) is 0. The molecule has 0 aromatic rings. The lowest BCUT2D eigenvalue weighted by molar-refractivity contribution is 0.0822. The van der Waals surface area contributed by atoms with Crippen molar-refractivity contribution in [2.75, 3.05) is 31.3 Å². The van der Waals surface area contributed by atoms with Gasteiger partial charge >= 0.3 is 6.03 Å². The average Bonchev–Trinajstić information content (AvgIpc) is 2.93. The van der Waals surface area contributed by atoms with Crippen LogP contribution in [0.1, 0.15) is 32.1 Å². The van der Waals surface area contributed by atoms with E-state index < -0.39 is 0 Å². The van der Waals surface area contributed by atoms with Crippen LogP contribution in [0.15, 0.2) is 12.2 Å². The van der Waals surface area contributed by atoms with E-state index in [1.54, 1.807) is 0 Å². The van der Waals surface area contributed by atoms with Gasteiger partial charge in [-0.25, -0.2) is 4.79 Å². The van der Waals surface area contributed by atoms with Crippen molar-refractivity contribution in [1.29, 1.82) is 0 Å². The Labute approximate surface area is 114 Å². The van der Waals surface area contributed by atoms with Crippen molar-refractivity contribution in [3.8, 4) is 0 Å². The predicted octanol–water partition coefficient (Wildman–Crippen LogP) is 2.94. The average molecular weight is 266 g/mol. The molecule has 3 nitrogen and oxygen atoms in total. The first-order valence-electron chi connectivity index (χ1n) is 7.06. The van der Waals surface area contributed by atoms with Crippen LogP contribution >= 0.6 is 11.8 Å². The Balaban J connectivity index is 1.66. The zero-order valence-electron chi connectivity index (χ0n) is 10.9. The van der Waals surface area contributed by atoms with E-state index in [2.05, 4.69) is 17.1 Å². The Bertz CT molecular complexity index is 352. The van der Waals surface area contributed by atoms with Crippen molar-refractivity contribution in [2.24, 2.45) is 5.41 Å². The van der Waals surface area contributed by atoms with Crippen molar-refractivity contribution in [2.45, 2.75) is 32.1 Å². The Morgan fingerprint density at radius 3 is 2.83 bits per heavy atom. The molecule has 100 valence electrons. The topological polar surface area (TPSA) is 23.6 Å². The van der Waals surface area contributed by atoms with Gasteiger partial charge in [0.05, 0.1) is 5.88 Å². The Hall–Kier alpha value is -0.640. The van der Waals surface area contributed by atoms with Gasteiger partial charge < -0.3 is 9.80 Å². The van der Waals surface area contributed by atoms with Crippen LogP contribution in [0.4, 0.5) is 4.79 Å². The number of allylic oxidation sites excluding steroid dienone is 2. The first-order valence-corrected chi connectivity index (χ1v) is 8.21. The highest BCUT2D eigenvalue weighted by Crippen LogP contribution is 2.41. The summed E-state index contributed by atoms with van der Waals surface area (Å²) in [6, 6.07) is 0.286. The molecule has 1 aliphatic carbocycles. The van der Waals surface area contributed by atoms with E-state index in [-0.39, 0.29) is 6.03 Å². The molecule has 2 amide bonds. The van der Waals surface area contributed by atoms with Gasteiger partial charge in [-0.05, 0) is 37.5 Å². The van der Waals surface area contributed by atoms with Crippen molar-refractivity contribution in [3.63, 3.8) is 0 Å². The maximum atomic E-state index is 12.4. The minimum atomic E-state index is 0.286. The highest BCUT2D eigenvalue weighted by molar-refractivity contribution is 7.99. The summed E-state index contributed by atoms with van der Waals surface area (Å²) in [5.41, 5.74) is 0.398. The summed E-state index contributed by atoms with van der Waals surface area (Å²) in [4.78, 5) is 16.6. The Morgan fingerprint density at radius 2 is 2.11 bits per heavy atom. The van der Waals surface area contributed by atoms with Crippen molar-refractivity contribution < 1.29 is 4.79 Å². The number of piperidine rings is 1. The molecule has 0 N–H and O–H groups in total. The smallest absolute Gasteiger partial charge is 0.320 e. The van der Waals surface area contributed by atoms with E-state index in [9.17, 15) is 4.79 Å². The Kier molecular flexibility index (Phi) is 3.55. The van der Waals surface area contributed by atoms with Crippen LogP contribution in [0.5, 0.6) is 0 Å². The summed E-state index contributed by atoms with van der Waals surface area (Å²) >= 11 is 1.87. The fourth-order valence-electron chi connectivity index (χ4n) is 3.45. The lowest BCUT2D eigenvalue weighted by atomic mass is 9.71. The summed E-state index contributed by atoms with van der Waals surface area (Å²) in [6.07, 6.45) is 10.7. The summed E-state index contributed by atoms with van der Waals surface area (Å²) in [6.45, 7) is 2.88. The molecule has 1 atom stereocenters. The van der Waals surface area contributed by atoms with Crippen LogP contribution in [0, 0.1) is 5.41 Å². The number of thioether (sulfide) groups is 1. The first-order chi connectivity index (χ1) is 8.79. The minimum absolute atomic E-state index is 0.286. The second-order valence-corrected chi connectivity index (χ2v) is 6.90. The van der Waals surface area contributed by atoms with Crippen molar-refractivity contribution in [3.05, 3.63) is 12.2 Å². The van der Waals surface area contributed by atoms with Crippen molar-refractivity contribution >= 4 is 17.8 Å². The number of likely N-dealkylation sites (tertiary alicyclic amines) is 1. The molecule has 4 heteroatoms. The summed E-state index contributed by atoms with van der Waals surface area (Å²) in [7, 11) is 0. The molecule has 0 radical (unpaired) electrons. The molecule has 0 aromatic heterocycles. The SMILES string of the molecule is O=C(N1CCSC1)N1CCCC2(CC=CCC2)C1. The number of urea groups is 1. The Morgan fingerprint density at radius 1 is 1.17 bits per heavy atom.